The van der Waals surface area contributed by atoms with E-state index in [0.29, 0.717) is 24.2 Å². The maximum absolute atomic E-state index is 13.0. The fourth-order valence-electron chi connectivity index (χ4n) is 5.58. The average molecular weight is 452 g/mol. The monoisotopic (exact) mass is 451 g/mol. The van der Waals surface area contributed by atoms with Crippen LogP contribution in [0.3, 0.4) is 0 Å². The fourth-order valence-corrected chi connectivity index (χ4v) is 5.58. The van der Waals surface area contributed by atoms with Crippen molar-refractivity contribution < 1.29 is 19.2 Å². The van der Waals surface area contributed by atoms with E-state index in [1.165, 1.54) is 12.0 Å². The summed E-state index contributed by atoms with van der Waals surface area (Å²) in [6.07, 6.45) is 6.11. The summed E-state index contributed by atoms with van der Waals surface area (Å²) in [5, 5.41) is 14.0. The minimum absolute atomic E-state index is 0.0557. The van der Waals surface area contributed by atoms with Gasteiger partial charge in [0.25, 0.3) is 0 Å². The Balaban J connectivity index is 1.52. The molecule has 0 radical (unpaired) electrons. The van der Waals surface area contributed by atoms with E-state index in [4.69, 9.17) is 4.52 Å². The third kappa shape index (κ3) is 5.74. The summed E-state index contributed by atoms with van der Waals surface area (Å²) in [5.74, 6) is 1.95. The summed E-state index contributed by atoms with van der Waals surface area (Å²) in [5.41, 5.74) is 5.14. The molecule has 1 atom stereocenters. The summed E-state index contributed by atoms with van der Waals surface area (Å²) < 4.78 is 5.89. The van der Waals surface area contributed by atoms with Crippen LogP contribution in [0.2, 0.25) is 0 Å². The van der Waals surface area contributed by atoms with Crippen LogP contribution < -0.4 is 0 Å². The van der Waals surface area contributed by atoms with E-state index in [2.05, 4.69) is 25.1 Å². The standard InChI is InChI=1S/C28H37NO4/c1-16(2)9-19-11-23(12-19)28-26(20-7-8-20)27(29-33-28)22(15-25(31)32)14-24(30)13-21-6-5-17(3)10-18(21)4/h5-6,10,16,19-20,22-23H,7-9,11-15H2,1-4H3,(H,31,32)/t19?,22-,23?/m1/s1. The summed E-state index contributed by atoms with van der Waals surface area (Å²) in [7, 11) is 0. The van der Waals surface area contributed by atoms with Crippen molar-refractivity contribution in [2.45, 2.75) is 96.8 Å². The van der Waals surface area contributed by atoms with Crippen molar-refractivity contribution in [2.75, 3.05) is 0 Å². The molecule has 1 aromatic heterocycles. The Morgan fingerprint density at radius 2 is 1.85 bits per heavy atom. The van der Waals surface area contributed by atoms with Crippen molar-refractivity contribution in [3.63, 3.8) is 0 Å². The van der Waals surface area contributed by atoms with Crippen LogP contribution in [-0.4, -0.2) is 22.0 Å². The van der Waals surface area contributed by atoms with Crippen molar-refractivity contribution in [1.82, 2.24) is 5.16 Å². The number of aliphatic carboxylic acids is 1. The number of carboxylic acid groups (broad SMARTS) is 1. The van der Waals surface area contributed by atoms with Crippen molar-refractivity contribution >= 4 is 11.8 Å². The molecule has 2 aromatic rings. The fraction of sp³-hybridized carbons (Fsp3) is 0.607. The molecule has 1 N–H and O–H groups in total. The number of carboxylic acids is 1. The second-order valence-corrected chi connectivity index (χ2v) is 10.9. The van der Waals surface area contributed by atoms with Crippen molar-refractivity contribution in [2.24, 2.45) is 11.8 Å². The van der Waals surface area contributed by atoms with Gasteiger partial charge < -0.3 is 9.63 Å². The first-order chi connectivity index (χ1) is 15.7. The first kappa shape index (κ1) is 23.7. The predicted molar refractivity (Wildman–Crippen MR) is 128 cm³/mol. The Kier molecular flexibility index (Phi) is 7.06. The molecule has 1 heterocycles. The molecule has 2 aliphatic rings. The molecule has 0 bridgehead atoms. The third-order valence-electron chi connectivity index (χ3n) is 7.35. The number of carbonyl (C=O) groups is 2. The number of aryl methyl sites for hydroxylation is 2. The molecule has 2 fully saturated rings. The van der Waals surface area contributed by atoms with Crippen LogP contribution in [0.15, 0.2) is 22.7 Å². The SMILES string of the molecule is Cc1ccc(CC(=O)C[C@H](CC(=O)O)c2noc(C3CC(CC(C)C)C3)c2C2CC2)c(C)c1. The normalized spacial score (nSPS) is 21.1. The largest absolute Gasteiger partial charge is 0.481 e. The number of aromatic nitrogens is 1. The lowest BCUT2D eigenvalue weighted by Crippen LogP contribution is -2.24. The number of Topliss-reactive ketones (excluding diaryl/α,β-unsaturated/α-hetero) is 1. The second-order valence-electron chi connectivity index (χ2n) is 10.9. The highest BCUT2D eigenvalue weighted by molar-refractivity contribution is 5.83. The van der Waals surface area contributed by atoms with Crippen molar-refractivity contribution in [3.05, 3.63) is 51.9 Å². The highest BCUT2D eigenvalue weighted by Crippen LogP contribution is 2.52. The molecule has 0 unspecified atom stereocenters. The Morgan fingerprint density at radius 1 is 1.12 bits per heavy atom. The van der Waals surface area contributed by atoms with Gasteiger partial charge in [0, 0.05) is 30.2 Å². The molecule has 2 saturated carbocycles. The van der Waals surface area contributed by atoms with Gasteiger partial charge in [0.05, 0.1) is 12.1 Å². The first-order valence-corrected chi connectivity index (χ1v) is 12.5. The quantitative estimate of drug-likeness (QED) is 0.423. The molecule has 5 heteroatoms. The van der Waals surface area contributed by atoms with Crippen LogP contribution in [0.1, 0.15) is 110 Å². The molecule has 0 spiro atoms. The molecular weight excluding hydrogens is 414 g/mol. The highest BCUT2D eigenvalue weighted by atomic mass is 16.5. The molecule has 4 rings (SSSR count). The number of hydrogen-bond acceptors (Lipinski definition) is 4. The zero-order valence-corrected chi connectivity index (χ0v) is 20.4. The molecule has 178 valence electrons. The van der Waals surface area contributed by atoms with E-state index in [1.54, 1.807) is 0 Å². The predicted octanol–water partition coefficient (Wildman–Crippen LogP) is 6.47. The van der Waals surface area contributed by atoms with Gasteiger partial charge in [-0.05, 0) is 74.8 Å². The highest BCUT2D eigenvalue weighted by Gasteiger charge is 2.42. The summed E-state index contributed by atoms with van der Waals surface area (Å²) in [4.78, 5) is 24.7. The van der Waals surface area contributed by atoms with Crippen LogP contribution >= 0.6 is 0 Å². The topological polar surface area (TPSA) is 80.4 Å². The van der Waals surface area contributed by atoms with Crippen LogP contribution in [0.5, 0.6) is 0 Å². The second kappa shape index (κ2) is 9.82. The van der Waals surface area contributed by atoms with Gasteiger partial charge in [0.1, 0.15) is 11.5 Å². The molecule has 5 nitrogen and oxygen atoms in total. The lowest BCUT2D eigenvalue weighted by atomic mass is 9.69. The van der Waals surface area contributed by atoms with Crippen LogP contribution in [0.25, 0.3) is 0 Å². The van der Waals surface area contributed by atoms with Crippen molar-refractivity contribution in [3.8, 4) is 0 Å². The van der Waals surface area contributed by atoms with E-state index in [9.17, 15) is 14.7 Å². The van der Waals surface area contributed by atoms with Gasteiger partial charge in [-0.25, -0.2) is 0 Å². The van der Waals surface area contributed by atoms with Gasteiger partial charge in [0.15, 0.2) is 0 Å². The lowest BCUT2D eigenvalue weighted by Gasteiger charge is -2.35. The van der Waals surface area contributed by atoms with E-state index < -0.39 is 11.9 Å². The Labute approximate surface area is 196 Å². The molecule has 2 aliphatic carbocycles. The molecule has 1 aromatic carbocycles. The maximum atomic E-state index is 13.0. The number of benzene rings is 1. The molecule has 0 saturated heterocycles. The third-order valence-corrected chi connectivity index (χ3v) is 7.35. The van der Waals surface area contributed by atoms with E-state index >= 15 is 0 Å². The summed E-state index contributed by atoms with van der Waals surface area (Å²) in [6, 6.07) is 6.10. The van der Waals surface area contributed by atoms with Gasteiger partial charge in [-0.2, -0.15) is 0 Å². The Hall–Kier alpha value is -2.43. The van der Waals surface area contributed by atoms with Gasteiger partial charge in [0.2, 0.25) is 0 Å². The lowest BCUT2D eigenvalue weighted by molar-refractivity contribution is -0.137. The first-order valence-electron chi connectivity index (χ1n) is 12.5. The van der Waals surface area contributed by atoms with E-state index in [1.807, 2.05) is 26.0 Å². The number of nitrogens with zero attached hydrogens (tertiary/aromatic N) is 1. The minimum atomic E-state index is -0.897. The number of ketones is 1. The minimum Gasteiger partial charge on any atom is -0.481 e. The van der Waals surface area contributed by atoms with Crippen LogP contribution in [0.4, 0.5) is 0 Å². The Bertz CT molecular complexity index is 1010. The molecule has 0 aliphatic heterocycles. The smallest absolute Gasteiger partial charge is 0.304 e. The zero-order chi connectivity index (χ0) is 23.7. The van der Waals surface area contributed by atoms with Gasteiger partial charge in [-0.3, -0.25) is 9.59 Å². The van der Waals surface area contributed by atoms with E-state index in [0.717, 1.165) is 59.7 Å². The maximum Gasteiger partial charge on any atom is 0.304 e. The Morgan fingerprint density at radius 3 is 2.45 bits per heavy atom. The number of hydrogen-bond donors (Lipinski definition) is 1. The van der Waals surface area contributed by atoms with Gasteiger partial charge >= 0.3 is 5.97 Å². The zero-order valence-electron chi connectivity index (χ0n) is 20.4. The summed E-state index contributed by atoms with van der Waals surface area (Å²) >= 11 is 0. The number of carbonyl (C=O) groups excluding carboxylic acids is 1. The van der Waals surface area contributed by atoms with Crippen LogP contribution in [-0.2, 0) is 16.0 Å². The van der Waals surface area contributed by atoms with Gasteiger partial charge in [-0.1, -0.05) is 42.8 Å². The summed E-state index contributed by atoms with van der Waals surface area (Å²) in [6.45, 7) is 8.59. The molecule has 0 amide bonds. The number of rotatable bonds is 11. The van der Waals surface area contributed by atoms with Crippen LogP contribution in [0, 0.1) is 25.7 Å². The van der Waals surface area contributed by atoms with Crippen molar-refractivity contribution in [1.29, 1.82) is 0 Å². The average Bonchev–Trinajstić information content (AvgIpc) is 3.44. The van der Waals surface area contributed by atoms with Gasteiger partial charge in [-0.15, -0.1) is 0 Å². The van der Waals surface area contributed by atoms with E-state index in [-0.39, 0.29) is 18.6 Å². The molecular formula is C28H37NO4. The molecule has 33 heavy (non-hydrogen) atoms.